The fourth-order valence-electron chi connectivity index (χ4n) is 1.04. The smallest absolute Gasteiger partial charge is 0.426 e. The minimum absolute atomic E-state index is 0.555. The molecule has 92 valence electrons. The van der Waals surface area contributed by atoms with Gasteiger partial charge in [-0.15, -0.1) is 0 Å². The molecule has 11 heteroatoms. The minimum atomic E-state index is -1.16. The third-order valence-electron chi connectivity index (χ3n) is 1.61. The quantitative estimate of drug-likeness (QED) is 0.414. The highest BCUT2D eigenvalue weighted by atomic mass is 16.6. The highest BCUT2D eigenvalue weighted by molar-refractivity contribution is 5.65. The lowest BCUT2D eigenvalue weighted by Gasteiger charge is -2.05. The van der Waals surface area contributed by atoms with Gasteiger partial charge in [0.05, 0.1) is 5.10 Å². The number of aromatic nitrogens is 3. The van der Waals surface area contributed by atoms with Crippen LogP contribution in [0, 0.1) is 20.2 Å². The van der Waals surface area contributed by atoms with E-state index in [4.69, 9.17) is 0 Å². The number of ether oxygens (including phenoxy) is 1. The largest absolute Gasteiger partial charge is 0.508 e. The van der Waals surface area contributed by atoms with E-state index in [-0.39, 0.29) is 0 Å². The van der Waals surface area contributed by atoms with Crippen LogP contribution in [0.25, 0.3) is 0 Å². The van der Waals surface area contributed by atoms with Crippen LogP contribution in [0.15, 0.2) is 0 Å². The molecular formula is C6H7N5O6. The maximum atomic E-state index is 10.7. The monoisotopic (exact) mass is 245 g/mol. The molecule has 0 aliphatic heterocycles. The maximum Gasteiger partial charge on any atom is 0.508 e. The summed E-state index contributed by atoms with van der Waals surface area (Å²) in [5, 5.41) is 24.2. The molecule has 1 aromatic heterocycles. The maximum absolute atomic E-state index is 10.7. The predicted molar refractivity (Wildman–Crippen MR) is 49.8 cm³/mol. The molecule has 0 aromatic carbocycles. The number of rotatable bonds is 4. The first kappa shape index (κ1) is 12.5. The topological polar surface area (TPSA) is 143 Å². The van der Waals surface area contributed by atoms with Crippen molar-refractivity contribution in [2.24, 2.45) is 0 Å². The summed E-state index contributed by atoms with van der Waals surface area (Å²) in [4.78, 5) is 32.8. The molecule has 0 aliphatic carbocycles. The average molecular weight is 245 g/mol. The molecule has 17 heavy (non-hydrogen) atoms. The molecular weight excluding hydrogens is 238 g/mol. The summed E-state index contributed by atoms with van der Waals surface area (Å²) in [5.74, 6) is -2.51. The number of carbonyl (C=O) groups excluding carboxylic acids is 1. The summed E-state index contributed by atoms with van der Waals surface area (Å²) in [6.07, 6.45) is -1.16. The van der Waals surface area contributed by atoms with Gasteiger partial charge in [-0.05, 0) is 14.5 Å². The first-order valence-corrected chi connectivity index (χ1v) is 4.25. The van der Waals surface area contributed by atoms with E-state index in [1.165, 1.54) is 6.92 Å². The van der Waals surface area contributed by atoms with Crippen molar-refractivity contribution < 1.29 is 19.4 Å². The van der Waals surface area contributed by atoms with E-state index in [0.29, 0.717) is 4.68 Å². The first-order valence-electron chi connectivity index (χ1n) is 4.25. The van der Waals surface area contributed by atoms with Crippen molar-refractivity contribution in [2.75, 3.05) is 0 Å². The second-order valence-electron chi connectivity index (χ2n) is 2.88. The standard InChI is InChI=1S/C6H7N5O6/c1-3(17-4(2)12)9-6(11(15)16)7-5(8-9)10(13)14/h3H,1-2H3. The van der Waals surface area contributed by atoms with E-state index in [2.05, 4.69) is 14.8 Å². The first-order chi connectivity index (χ1) is 7.82. The van der Waals surface area contributed by atoms with Gasteiger partial charge in [0.1, 0.15) is 0 Å². The van der Waals surface area contributed by atoms with Gasteiger partial charge in [0.15, 0.2) is 0 Å². The zero-order valence-electron chi connectivity index (χ0n) is 8.76. The van der Waals surface area contributed by atoms with Gasteiger partial charge < -0.3 is 25.0 Å². The van der Waals surface area contributed by atoms with E-state index < -0.39 is 33.9 Å². The molecule has 0 saturated heterocycles. The third kappa shape index (κ3) is 2.70. The summed E-state index contributed by atoms with van der Waals surface area (Å²) in [7, 11) is 0. The molecule has 0 radical (unpaired) electrons. The van der Waals surface area contributed by atoms with Crippen molar-refractivity contribution in [1.29, 1.82) is 0 Å². The van der Waals surface area contributed by atoms with Gasteiger partial charge in [0.2, 0.25) is 0 Å². The summed E-state index contributed by atoms with van der Waals surface area (Å²) in [6.45, 7) is 2.36. The van der Waals surface area contributed by atoms with Crippen LogP contribution in [0.5, 0.6) is 0 Å². The molecule has 0 bridgehead atoms. The predicted octanol–water partition coefficient (Wildman–Crippen LogP) is 0.176. The second-order valence-corrected chi connectivity index (χ2v) is 2.88. The zero-order valence-corrected chi connectivity index (χ0v) is 8.76. The van der Waals surface area contributed by atoms with Gasteiger partial charge in [-0.3, -0.25) is 4.79 Å². The SMILES string of the molecule is CC(=O)OC(C)n1nc([N+](=O)[O-])nc1[N+](=O)[O-]. The molecule has 1 unspecified atom stereocenters. The lowest BCUT2D eigenvalue weighted by atomic mass is 10.6. The molecule has 0 spiro atoms. The van der Waals surface area contributed by atoms with Crippen LogP contribution in [0.2, 0.25) is 0 Å². The number of esters is 1. The van der Waals surface area contributed by atoms with Crippen molar-refractivity contribution in [3.8, 4) is 0 Å². The van der Waals surface area contributed by atoms with Crippen LogP contribution >= 0.6 is 0 Å². The van der Waals surface area contributed by atoms with E-state index in [1.807, 2.05) is 0 Å². The summed E-state index contributed by atoms with van der Waals surface area (Å²) in [6, 6.07) is 0. The highest BCUT2D eigenvalue weighted by Crippen LogP contribution is 2.19. The van der Waals surface area contributed by atoms with E-state index in [9.17, 15) is 25.0 Å². The van der Waals surface area contributed by atoms with E-state index in [0.717, 1.165) is 6.92 Å². The lowest BCUT2D eigenvalue weighted by Crippen LogP contribution is -2.16. The minimum Gasteiger partial charge on any atom is -0.426 e. The molecule has 1 rings (SSSR count). The van der Waals surface area contributed by atoms with Gasteiger partial charge in [-0.25, -0.2) is 0 Å². The Bertz CT molecular complexity index is 481. The average Bonchev–Trinajstić information content (AvgIpc) is 2.60. The summed E-state index contributed by atoms with van der Waals surface area (Å²) in [5.41, 5.74) is 0. The van der Waals surface area contributed by atoms with Crippen molar-refractivity contribution in [3.63, 3.8) is 0 Å². The number of carbonyl (C=O) groups is 1. The van der Waals surface area contributed by atoms with Gasteiger partial charge in [0, 0.05) is 18.8 Å². The lowest BCUT2D eigenvalue weighted by molar-refractivity contribution is -0.404. The fraction of sp³-hybridized carbons (Fsp3) is 0.500. The van der Waals surface area contributed by atoms with Crippen LogP contribution in [-0.4, -0.2) is 30.6 Å². The number of nitrogens with zero attached hydrogens (tertiary/aromatic N) is 5. The number of hydrogen-bond acceptors (Lipinski definition) is 8. The Labute approximate surface area is 93.3 Å². The Morgan fingerprint density at radius 2 is 2.00 bits per heavy atom. The Hall–Kier alpha value is -2.59. The molecule has 1 aromatic rings. The van der Waals surface area contributed by atoms with E-state index >= 15 is 0 Å². The molecule has 1 heterocycles. The molecule has 0 fully saturated rings. The number of nitro groups is 2. The van der Waals surface area contributed by atoms with Crippen molar-refractivity contribution in [1.82, 2.24) is 14.8 Å². The molecule has 0 N–H and O–H groups in total. The number of hydrogen-bond donors (Lipinski definition) is 0. The highest BCUT2D eigenvalue weighted by Gasteiger charge is 2.33. The molecule has 11 nitrogen and oxygen atoms in total. The molecule has 0 amide bonds. The van der Waals surface area contributed by atoms with Crippen molar-refractivity contribution in [2.45, 2.75) is 20.1 Å². The van der Waals surface area contributed by atoms with Gasteiger partial charge in [0.25, 0.3) is 6.23 Å². The van der Waals surface area contributed by atoms with Crippen molar-refractivity contribution >= 4 is 17.9 Å². The van der Waals surface area contributed by atoms with Crippen molar-refractivity contribution in [3.05, 3.63) is 20.2 Å². The molecule has 0 aliphatic rings. The van der Waals surface area contributed by atoms with Gasteiger partial charge in [-0.2, -0.15) is 0 Å². The molecule has 1 atom stereocenters. The second kappa shape index (κ2) is 4.51. The van der Waals surface area contributed by atoms with Gasteiger partial charge >= 0.3 is 17.9 Å². The van der Waals surface area contributed by atoms with Crippen LogP contribution in [-0.2, 0) is 9.53 Å². The Morgan fingerprint density at radius 1 is 1.41 bits per heavy atom. The van der Waals surface area contributed by atoms with Crippen LogP contribution in [0.4, 0.5) is 11.9 Å². The van der Waals surface area contributed by atoms with Crippen LogP contribution in [0.3, 0.4) is 0 Å². The van der Waals surface area contributed by atoms with Crippen LogP contribution in [0.1, 0.15) is 20.1 Å². The normalized spacial score (nSPS) is 11.9. The fourth-order valence-corrected chi connectivity index (χ4v) is 1.04. The molecule has 0 saturated carbocycles. The van der Waals surface area contributed by atoms with Crippen LogP contribution < -0.4 is 0 Å². The Morgan fingerprint density at radius 3 is 2.41 bits per heavy atom. The third-order valence-corrected chi connectivity index (χ3v) is 1.61. The van der Waals surface area contributed by atoms with E-state index in [1.54, 1.807) is 0 Å². The van der Waals surface area contributed by atoms with Gasteiger partial charge in [-0.1, -0.05) is 0 Å². The Kier molecular flexibility index (Phi) is 3.31. The summed E-state index contributed by atoms with van der Waals surface area (Å²) >= 11 is 0. The zero-order chi connectivity index (χ0) is 13.2. The Balaban J connectivity index is 3.16. The summed E-state index contributed by atoms with van der Waals surface area (Å²) < 4.78 is 5.17.